The molecular weight excluding hydrogens is 444 g/mol. The number of esters is 1. The second kappa shape index (κ2) is 8.33. The molecule has 6 nitrogen and oxygen atoms in total. The summed E-state index contributed by atoms with van der Waals surface area (Å²) in [5.41, 5.74) is 2.71. The Morgan fingerprint density at radius 3 is 2.47 bits per heavy atom. The van der Waals surface area contributed by atoms with Crippen LogP contribution in [-0.2, 0) is 14.3 Å². The number of ether oxygens (including phenoxy) is 1. The van der Waals surface area contributed by atoms with Crippen LogP contribution in [0.3, 0.4) is 0 Å². The number of hydrogen-bond acceptors (Lipinski definition) is 7. The van der Waals surface area contributed by atoms with Crippen molar-refractivity contribution < 1.29 is 18.7 Å². The molecular formula is C24H22N2O4S2. The zero-order valence-corrected chi connectivity index (χ0v) is 19.3. The largest absolute Gasteiger partial charge is 0.467 e. The Kier molecular flexibility index (Phi) is 5.51. The average molecular weight is 467 g/mol. The zero-order valence-electron chi connectivity index (χ0n) is 17.7. The topological polar surface area (TPSA) is 72.6 Å². The molecule has 1 aromatic heterocycles. The first kappa shape index (κ1) is 21.2. The molecule has 2 saturated heterocycles. The van der Waals surface area contributed by atoms with Crippen molar-refractivity contribution >= 4 is 35.4 Å². The van der Waals surface area contributed by atoms with Crippen molar-refractivity contribution in [1.29, 1.82) is 0 Å². The Labute approximate surface area is 194 Å². The summed E-state index contributed by atoms with van der Waals surface area (Å²) in [6.07, 6.45) is 0.466. The van der Waals surface area contributed by atoms with Gasteiger partial charge in [0.25, 0.3) is 5.22 Å². The molecule has 8 heteroatoms. The quantitative estimate of drug-likeness (QED) is 0.296. The van der Waals surface area contributed by atoms with Gasteiger partial charge in [0.15, 0.2) is 5.76 Å². The summed E-state index contributed by atoms with van der Waals surface area (Å²) in [5.74, 6) is 0.895. The van der Waals surface area contributed by atoms with E-state index in [1.807, 2.05) is 67.6 Å². The molecule has 0 saturated carbocycles. The van der Waals surface area contributed by atoms with E-state index in [2.05, 4.69) is 0 Å². The lowest BCUT2D eigenvalue weighted by molar-refractivity contribution is -0.159. The number of nitrogens with zero attached hydrogens (tertiary/aromatic N) is 2. The monoisotopic (exact) mass is 466 g/mol. The zero-order chi connectivity index (χ0) is 22.3. The molecule has 32 heavy (non-hydrogen) atoms. The number of carbonyl (C=O) groups excluding carboxylic acids is 2. The fourth-order valence-corrected chi connectivity index (χ4v) is 7.07. The lowest BCUT2D eigenvalue weighted by atomic mass is 9.98. The Hall–Kier alpha value is -2.71. The van der Waals surface area contributed by atoms with Crippen LogP contribution < -0.4 is 0 Å². The molecule has 0 radical (unpaired) electrons. The number of methoxy groups -OCH3 is 1. The third kappa shape index (κ3) is 3.61. The molecule has 164 valence electrons. The number of amides is 1. The van der Waals surface area contributed by atoms with Crippen LogP contribution in [0.4, 0.5) is 0 Å². The number of fused-ring (bicyclic) bond motifs is 1. The van der Waals surface area contributed by atoms with Gasteiger partial charge in [-0.3, -0.25) is 4.79 Å². The predicted molar refractivity (Wildman–Crippen MR) is 125 cm³/mol. The van der Waals surface area contributed by atoms with Gasteiger partial charge in [-0.25, -0.2) is 9.78 Å². The van der Waals surface area contributed by atoms with Gasteiger partial charge in [-0.2, -0.15) is 0 Å². The number of rotatable bonds is 6. The number of oxazole rings is 1. The van der Waals surface area contributed by atoms with Crippen molar-refractivity contribution in [3.8, 4) is 22.6 Å². The molecule has 5 rings (SSSR count). The van der Waals surface area contributed by atoms with Gasteiger partial charge in [0.1, 0.15) is 11.7 Å². The summed E-state index contributed by atoms with van der Waals surface area (Å²) in [6, 6.07) is 19.2. The Morgan fingerprint density at radius 2 is 1.84 bits per heavy atom. The van der Waals surface area contributed by atoms with E-state index >= 15 is 0 Å². The third-order valence-electron chi connectivity index (χ3n) is 5.81. The van der Waals surface area contributed by atoms with E-state index in [1.54, 1.807) is 16.7 Å². The van der Waals surface area contributed by atoms with Crippen molar-refractivity contribution in [2.24, 2.45) is 0 Å². The summed E-state index contributed by atoms with van der Waals surface area (Å²) >= 11 is 3.12. The molecule has 2 fully saturated rings. The smallest absolute Gasteiger partial charge is 0.330 e. The van der Waals surface area contributed by atoms with Gasteiger partial charge in [0.05, 0.1) is 23.7 Å². The first-order valence-electron chi connectivity index (χ1n) is 10.3. The molecule has 1 amide bonds. The van der Waals surface area contributed by atoms with Crippen LogP contribution in [0.15, 0.2) is 70.3 Å². The highest BCUT2D eigenvalue weighted by Crippen LogP contribution is 2.53. The van der Waals surface area contributed by atoms with Gasteiger partial charge in [0.2, 0.25) is 5.91 Å². The molecule has 2 aliphatic heterocycles. The number of aromatic nitrogens is 1. The fourth-order valence-electron chi connectivity index (χ4n) is 4.21. The van der Waals surface area contributed by atoms with Crippen LogP contribution in [0, 0.1) is 0 Å². The van der Waals surface area contributed by atoms with Crippen molar-refractivity contribution in [2.75, 3.05) is 12.9 Å². The van der Waals surface area contributed by atoms with Gasteiger partial charge in [-0.15, -0.1) is 11.8 Å². The Balaban J connectivity index is 1.44. The lowest BCUT2D eigenvalue weighted by Crippen LogP contribution is -2.58. The second-order valence-electron chi connectivity index (χ2n) is 7.99. The lowest BCUT2D eigenvalue weighted by Gasteiger charge is -2.37. The molecule has 3 heterocycles. The Bertz CT molecular complexity index is 1090. The molecule has 0 unspecified atom stereocenters. The van der Waals surface area contributed by atoms with E-state index in [1.165, 1.54) is 18.9 Å². The minimum atomic E-state index is -0.603. The average Bonchev–Trinajstić information content (AvgIpc) is 3.35. The highest BCUT2D eigenvalue weighted by atomic mass is 32.2. The number of carbonyl (C=O) groups is 2. The minimum Gasteiger partial charge on any atom is -0.467 e. The fraction of sp³-hybridized carbons (Fsp3) is 0.292. The molecule has 3 aromatic rings. The predicted octanol–water partition coefficient (Wildman–Crippen LogP) is 4.71. The summed E-state index contributed by atoms with van der Waals surface area (Å²) in [6.45, 7) is 2.01. The maximum atomic E-state index is 12.5. The van der Waals surface area contributed by atoms with Crippen LogP contribution in [0.5, 0.6) is 0 Å². The molecule has 0 spiro atoms. The van der Waals surface area contributed by atoms with Crippen LogP contribution in [0.1, 0.15) is 13.3 Å². The van der Waals surface area contributed by atoms with Gasteiger partial charge in [0, 0.05) is 16.9 Å². The van der Waals surface area contributed by atoms with E-state index in [0.717, 1.165) is 16.8 Å². The van der Waals surface area contributed by atoms with E-state index in [9.17, 15) is 9.59 Å². The molecule has 0 bridgehead atoms. The SMILES string of the molecule is COC(=O)[C@@H]1N2C(=O)C[C@H]2S[C@@]1(C)CSc1nc(-c2ccccc2)c(-c2ccccc2)o1. The maximum absolute atomic E-state index is 12.5. The highest BCUT2D eigenvalue weighted by molar-refractivity contribution is 8.04. The molecule has 2 aromatic carbocycles. The third-order valence-corrected chi connectivity index (χ3v) is 8.73. The van der Waals surface area contributed by atoms with Gasteiger partial charge < -0.3 is 14.1 Å². The number of β-lactam (4-membered cyclic amide) rings is 1. The Morgan fingerprint density at radius 1 is 1.19 bits per heavy atom. The van der Waals surface area contributed by atoms with E-state index < -0.39 is 10.8 Å². The molecule has 0 aliphatic carbocycles. The molecule has 2 aliphatic rings. The number of benzene rings is 2. The summed E-state index contributed by atoms with van der Waals surface area (Å²) < 4.78 is 10.7. The van der Waals surface area contributed by atoms with Crippen LogP contribution >= 0.6 is 23.5 Å². The van der Waals surface area contributed by atoms with Crippen LogP contribution in [0.2, 0.25) is 0 Å². The summed E-state index contributed by atoms with van der Waals surface area (Å²) in [4.78, 5) is 31.1. The number of hydrogen-bond donors (Lipinski definition) is 0. The first-order chi connectivity index (χ1) is 15.5. The van der Waals surface area contributed by atoms with E-state index in [0.29, 0.717) is 23.2 Å². The van der Waals surface area contributed by atoms with Crippen LogP contribution in [-0.4, -0.2) is 50.8 Å². The first-order valence-corrected chi connectivity index (χ1v) is 12.2. The van der Waals surface area contributed by atoms with Crippen molar-refractivity contribution in [1.82, 2.24) is 9.88 Å². The maximum Gasteiger partial charge on any atom is 0.330 e. The van der Waals surface area contributed by atoms with E-state index in [-0.39, 0.29) is 17.3 Å². The van der Waals surface area contributed by atoms with Crippen molar-refractivity contribution in [3.05, 3.63) is 60.7 Å². The molecule has 0 N–H and O–H groups in total. The normalized spacial score (nSPS) is 24.2. The standard InChI is InChI=1S/C24H22N2O4S2/c1-24(21(22(28)29-2)26-17(27)13-18(26)32-24)14-31-23-25-19(15-9-5-3-6-10-15)20(30-23)16-11-7-4-8-12-16/h3-12,18,21H,13-14H2,1-2H3/t18-,21+,24+/m1/s1. The van der Waals surface area contributed by atoms with Crippen LogP contribution in [0.25, 0.3) is 22.6 Å². The minimum absolute atomic E-state index is 0.000441. The van der Waals surface area contributed by atoms with Crippen molar-refractivity contribution in [3.63, 3.8) is 0 Å². The second-order valence-corrected chi connectivity index (χ2v) is 10.6. The highest BCUT2D eigenvalue weighted by Gasteiger charge is 2.60. The van der Waals surface area contributed by atoms with Crippen molar-refractivity contribution in [2.45, 2.75) is 34.7 Å². The summed E-state index contributed by atoms with van der Waals surface area (Å²) in [5, 5.41) is 0.565. The summed E-state index contributed by atoms with van der Waals surface area (Å²) in [7, 11) is 1.37. The molecule has 3 atom stereocenters. The van der Waals surface area contributed by atoms with Gasteiger partial charge >= 0.3 is 5.97 Å². The van der Waals surface area contributed by atoms with E-state index in [4.69, 9.17) is 14.1 Å². The van der Waals surface area contributed by atoms with Gasteiger partial charge in [-0.1, -0.05) is 72.4 Å². The number of thioether (sulfide) groups is 2. The van der Waals surface area contributed by atoms with Gasteiger partial charge in [-0.05, 0) is 6.92 Å².